The number of hydrogen-bond donors (Lipinski definition) is 1. The van der Waals surface area contributed by atoms with Gasteiger partial charge in [-0.3, -0.25) is 9.69 Å². The molecule has 3 rings (SSSR count). The number of nitrogens with one attached hydrogen (secondary N) is 1. The number of thiazole rings is 1. The van der Waals surface area contributed by atoms with Crippen LogP contribution in [0.25, 0.3) is 10.6 Å². The molecule has 0 spiro atoms. The fraction of sp³-hybridized carbons (Fsp3) is 0.200. The lowest BCUT2D eigenvalue weighted by molar-refractivity contribution is -0.117. The summed E-state index contributed by atoms with van der Waals surface area (Å²) in [5, 5.41) is 5.76. The van der Waals surface area contributed by atoms with Gasteiger partial charge in [0.15, 0.2) is 0 Å². The molecule has 28 heavy (non-hydrogen) atoms. The molecule has 0 atom stereocenters. The van der Waals surface area contributed by atoms with E-state index in [0.29, 0.717) is 18.1 Å². The quantitative estimate of drug-likeness (QED) is 0.570. The molecular weight excluding hydrogens is 404 g/mol. The van der Waals surface area contributed by atoms with Gasteiger partial charge in [0.05, 0.1) is 12.2 Å². The highest BCUT2D eigenvalue weighted by molar-refractivity contribution is 7.13. The maximum absolute atomic E-state index is 13.7. The van der Waals surface area contributed by atoms with Crippen LogP contribution in [0.1, 0.15) is 12.6 Å². The molecule has 4 nitrogen and oxygen atoms in total. The van der Waals surface area contributed by atoms with Gasteiger partial charge in [0.2, 0.25) is 5.91 Å². The molecule has 0 saturated heterocycles. The second-order valence-electron chi connectivity index (χ2n) is 6.10. The number of hydrogen-bond acceptors (Lipinski definition) is 4. The van der Waals surface area contributed by atoms with Crippen LogP contribution in [0.4, 0.5) is 14.5 Å². The second-order valence-corrected chi connectivity index (χ2v) is 7.39. The third-order valence-corrected chi connectivity index (χ3v) is 5.26. The molecule has 0 fully saturated rings. The van der Waals surface area contributed by atoms with E-state index in [0.717, 1.165) is 28.4 Å². The molecule has 3 aromatic rings. The molecule has 1 aromatic heterocycles. The Labute approximate surface area is 170 Å². The summed E-state index contributed by atoms with van der Waals surface area (Å²) in [4.78, 5) is 18.7. The SMILES string of the molecule is CCN(CC(=O)Nc1c(F)cccc1F)Cc1csc(-c2ccc(Cl)cc2)n1. The number of halogens is 3. The van der Waals surface area contributed by atoms with Gasteiger partial charge in [-0.05, 0) is 30.8 Å². The lowest BCUT2D eigenvalue weighted by Gasteiger charge is -2.19. The summed E-state index contributed by atoms with van der Waals surface area (Å²) in [6.45, 7) is 2.94. The second kappa shape index (κ2) is 9.23. The highest BCUT2D eigenvalue weighted by Crippen LogP contribution is 2.25. The van der Waals surface area contributed by atoms with Crippen LogP contribution in [0.5, 0.6) is 0 Å². The minimum absolute atomic E-state index is 0.00191. The third-order valence-electron chi connectivity index (χ3n) is 4.07. The maximum atomic E-state index is 13.7. The van der Waals surface area contributed by atoms with Gasteiger partial charge in [-0.15, -0.1) is 11.3 Å². The van der Waals surface area contributed by atoms with Gasteiger partial charge < -0.3 is 5.32 Å². The molecule has 0 aliphatic carbocycles. The number of rotatable bonds is 7. The van der Waals surface area contributed by atoms with Crippen molar-refractivity contribution in [3.8, 4) is 10.6 Å². The minimum Gasteiger partial charge on any atom is -0.320 e. The maximum Gasteiger partial charge on any atom is 0.238 e. The van der Waals surface area contributed by atoms with E-state index in [4.69, 9.17) is 11.6 Å². The van der Waals surface area contributed by atoms with Crippen molar-refractivity contribution in [1.29, 1.82) is 0 Å². The third kappa shape index (κ3) is 5.13. The van der Waals surface area contributed by atoms with Crippen LogP contribution in [-0.2, 0) is 11.3 Å². The molecule has 1 heterocycles. The molecular formula is C20H18ClF2N3OS. The van der Waals surface area contributed by atoms with Gasteiger partial charge in [-0.1, -0.05) is 36.7 Å². The summed E-state index contributed by atoms with van der Waals surface area (Å²) in [7, 11) is 0. The summed E-state index contributed by atoms with van der Waals surface area (Å²) in [5.74, 6) is -2.09. The normalized spacial score (nSPS) is 11.0. The van der Waals surface area contributed by atoms with Crippen LogP contribution in [0.3, 0.4) is 0 Å². The number of nitrogens with zero attached hydrogens (tertiary/aromatic N) is 2. The highest BCUT2D eigenvalue weighted by Gasteiger charge is 2.16. The standard InChI is InChI=1S/C20H18ClF2N3OS/c1-2-26(11-18(27)25-19-16(22)4-3-5-17(19)23)10-15-12-28-20(24-15)13-6-8-14(21)9-7-13/h3-9,12H,2,10-11H2,1H3,(H,25,27). The van der Waals surface area contributed by atoms with Crippen molar-refractivity contribution in [2.75, 3.05) is 18.4 Å². The minimum atomic E-state index is -0.802. The van der Waals surface area contributed by atoms with Crippen LogP contribution in [0.15, 0.2) is 47.8 Å². The zero-order valence-corrected chi connectivity index (χ0v) is 16.7. The molecule has 8 heteroatoms. The highest BCUT2D eigenvalue weighted by atomic mass is 35.5. The monoisotopic (exact) mass is 421 g/mol. The van der Waals surface area contributed by atoms with Gasteiger partial charge in [0.25, 0.3) is 0 Å². The Bertz CT molecular complexity index is 942. The number of carbonyl (C=O) groups excluding carboxylic acids is 1. The number of para-hydroxylation sites is 1. The van der Waals surface area contributed by atoms with E-state index in [9.17, 15) is 13.6 Å². The smallest absolute Gasteiger partial charge is 0.238 e. The molecule has 0 unspecified atom stereocenters. The van der Waals surface area contributed by atoms with Crippen molar-refractivity contribution in [2.24, 2.45) is 0 Å². The van der Waals surface area contributed by atoms with Crippen LogP contribution in [0.2, 0.25) is 5.02 Å². The van der Waals surface area contributed by atoms with E-state index >= 15 is 0 Å². The van der Waals surface area contributed by atoms with Crippen LogP contribution in [0, 0.1) is 11.6 Å². The zero-order valence-electron chi connectivity index (χ0n) is 15.1. The average Bonchev–Trinajstić information content (AvgIpc) is 3.13. The largest absolute Gasteiger partial charge is 0.320 e. The summed E-state index contributed by atoms with van der Waals surface area (Å²) in [6.07, 6.45) is 0. The summed E-state index contributed by atoms with van der Waals surface area (Å²) >= 11 is 7.42. The Balaban J connectivity index is 1.63. The number of amides is 1. The summed E-state index contributed by atoms with van der Waals surface area (Å²) < 4.78 is 27.4. The van der Waals surface area contributed by atoms with Gasteiger partial charge in [0.1, 0.15) is 22.3 Å². The first-order valence-electron chi connectivity index (χ1n) is 8.63. The predicted molar refractivity (Wildman–Crippen MR) is 108 cm³/mol. The number of anilines is 1. The van der Waals surface area contributed by atoms with Crippen molar-refractivity contribution in [3.05, 3.63) is 70.2 Å². The first-order chi connectivity index (χ1) is 13.5. The number of carbonyl (C=O) groups is 1. The molecule has 0 aliphatic rings. The van der Waals surface area contributed by atoms with E-state index in [1.54, 1.807) is 0 Å². The first-order valence-corrected chi connectivity index (χ1v) is 9.88. The van der Waals surface area contributed by atoms with E-state index in [1.165, 1.54) is 17.4 Å². The lowest BCUT2D eigenvalue weighted by Crippen LogP contribution is -2.33. The van der Waals surface area contributed by atoms with E-state index in [1.807, 2.05) is 41.5 Å². The molecule has 0 radical (unpaired) electrons. The molecule has 1 amide bonds. The van der Waals surface area contributed by atoms with E-state index in [2.05, 4.69) is 10.3 Å². The van der Waals surface area contributed by atoms with Crippen molar-refractivity contribution >= 4 is 34.5 Å². The summed E-state index contributed by atoms with van der Waals surface area (Å²) in [5.41, 5.74) is 1.36. The fourth-order valence-corrected chi connectivity index (χ4v) is 3.56. The van der Waals surface area contributed by atoms with Gasteiger partial charge in [0, 0.05) is 22.5 Å². The van der Waals surface area contributed by atoms with Crippen molar-refractivity contribution in [2.45, 2.75) is 13.5 Å². The zero-order chi connectivity index (χ0) is 20.1. The molecule has 1 N–H and O–H groups in total. The van der Waals surface area contributed by atoms with Crippen molar-refractivity contribution in [1.82, 2.24) is 9.88 Å². The molecule has 0 saturated carbocycles. The van der Waals surface area contributed by atoms with E-state index < -0.39 is 23.2 Å². The Hall–Kier alpha value is -2.35. The van der Waals surface area contributed by atoms with Crippen LogP contribution >= 0.6 is 22.9 Å². The lowest BCUT2D eigenvalue weighted by atomic mass is 10.2. The van der Waals surface area contributed by atoms with Crippen LogP contribution in [-0.4, -0.2) is 28.9 Å². The topological polar surface area (TPSA) is 45.2 Å². The Morgan fingerprint density at radius 3 is 2.50 bits per heavy atom. The van der Waals surface area contributed by atoms with Crippen LogP contribution < -0.4 is 5.32 Å². The van der Waals surface area contributed by atoms with Gasteiger partial charge in [-0.2, -0.15) is 0 Å². The van der Waals surface area contributed by atoms with Crippen molar-refractivity contribution < 1.29 is 13.6 Å². The predicted octanol–water partition coefficient (Wildman–Crippen LogP) is 5.20. The molecule has 0 aliphatic heterocycles. The molecule has 2 aromatic carbocycles. The Morgan fingerprint density at radius 1 is 1.18 bits per heavy atom. The number of benzene rings is 2. The fourth-order valence-electron chi connectivity index (χ4n) is 2.61. The molecule has 146 valence electrons. The average molecular weight is 422 g/mol. The van der Waals surface area contributed by atoms with Crippen molar-refractivity contribution in [3.63, 3.8) is 0 Å². The van der Waals surface area contributed by atoms with Gasteiger partial charge in [-0.25, -0.2) is 13.8 Å². The Morgan fingerprint density at radius 2 is 1.86 bits per heavy atom. The Kier molecular flexibility index (Phi) is 6.72. The number of aromatic nitrogens is 1. The summed E-state index contributed by atoms with van der Waals surface area (Å²) in [6, 6.07) is 10.9. The van der Waals surface area contributed by atoms with E-state index in [-0.39, 0.29) is 6.54 Å². The first kappa shape index (κ1) is 20.4. The molecule has 0 bridgehead atoms. The van der Waals surface area contributed by atoms with Gasteiger partial charge >= 0.3 is 0 Å². The number of likely N-dealkylation sites (N-methyl/N-ethyl adjacent to an activating group) is 1.